The van der Waals surface area contributed by atoms with Crippen LogP contribution in [-0.4, -0.2) is 18.2 Å². The monoisotopic (exact) mass is 317 g/mol. The second kappa shape index (κ2) is 8.41. The first-order valence-electron chi connectivity index (χ1n) is 7.40. The molecular formula is C18H20FNO3. The zero-order valence-electron chi connectivity index (χ0n) is 12.9. The maximum atomic E-state index is 13.0. The third kappa shape index (κ3) is 4.87. The number of rotatable bonds is 7. The van der Waals surface area contributed by atoms with Crippen molar-refractivity contribution in [1.82, 2.24) is 5.48 Å². The van der Waals surface area contributed by atoms with Gasteiger partial charge in [-0.1, -0.05) is 42.5 Å². The van der Waals surface area contributed by atoms with Crippen molar-refractivity contribution in [2.75, 3.05) is 7.11 Å². The Kier molecular flexibility index (Phi) is 6.26. The van der Waals surface area contributed by atoms with Crippen LogP contribution in [0.3, 0.4) is 0 Å². The van der Waals surface area contributed by atoms with Crippen molar-refractivity contribution >= 4 is 5.91 Å². The standard InChI is InChI=1S/C18H20FNO3/c1-23-17(14-7-9-16(19)10-8-14)12-15(18(21)20-22)11-13-5-3-2-4-6-13/h2-10,15,17,22H,11-12H2,1H3,(H,20,21). The number of halogens is 1. The van der Waals surface area contributed by atoms with Gasteiger partial charge in [-0.2, -0.15) is 0 Å². The summed E-state index contributed by atoms with van der Waals surface area (Å²) in [5.41, 5.74) is 3.51. The number of ether oxygens (including phenoxy) is 1. The largest absolute Gasteiger partial charge is 0.377 e. The lowest BCUT2D eigenvalue weighted by Crippen LogP contribution is -2.31. The fraction of sp³-hybridized carbons (Fsp3) is 0.278. The van der Waals surface area contributed by atoms with Crippen LogP contribution >= 0.6 is 0 Å². The SMILES string of the molecule is COC(CC(Cc1ccccc1)C(=O)NO)c1ccc(F)cc1. The number of amides is 1. The molecule has 2 rings (SSSR count). The summed E-state index contributed by atoms with van der Waals surface area (Å²) in [7, 11) is 1.55. The van der Waals surface area contributed by atoms with Gasteiger partial charge in [0.25, 0.3) is 0 Å². The highest BCUT2D eigenvalue weighted by atomic mass is 19.1. The van der Waals surface area contributed by atoms with E-state index >= 15 is 0 Å². The van der Waals surface area contributed by atoms with E-state index < -0.39 is 11.8 Å². The molecule has 4 nitrogen and oxygen atoms in total. The first kappa shape index (κ1) is 17.1. The Balaban J connectivity index is 2.14. The van der Waals surface area contributed by atoms with Crippen LogP contribution in [0, 0.1) is 11.7 Å². The first-order chi connectivity index (χ1) is 11.1. The van der Waals surface area contributed by atoms with Crippen molar-refractivity contribution in [3.63, 3.8) is 0 Å². The first-order valence-corrected chi connectivity index (χ1v) is 7.40. The number of carbonyl (C=O) groups is 1. The van der Waals surface area contributed by atoms with E-state index in [0.717, 1.165) is 11.1 Å². The minimum absolute atomic E-state index is 0.322. The summed E-state index contributed by atoms with van der Waals surface area (Å²) in [5, 5.41) is 8.99. The Morgan fingerprint density at radius 1 is 1.17 bits per heavy atom. The van der Waals surface area contributed by atoms with Crippen LogP contribution in [0.1, 0.15) is 23.7 Å². The molecule has 0 spiro atoms. The molecule has 0 saturated heterocycles. The predicted octanol–water partition coefficient (Wildman–Crippen LogP) is 3.27. The van der Waals surface area contributed by atoms with Gasteiger partial charge in [-0.3, -0.25) is 10.0 Å². The lowest BCUT2D eigenvalue weighted by atomic mass is 9.90. The topological polar surface area (TPSA) is 58.6 Å². The highest BCUT2D eigenvalue weighted by Gasteiger charge is 2.24. The molecule has 122 valence electrons. The Morgan fingerprint density at radius 2 is 1.83 bits per heavy atom. The molecule has 1 amide bonds. The second-order valence-electron chi connectivity index (χ2n) is 5.37. The lowest BCUT2D eigenvalue weighted by Gasteiger charge is -2.22. The maximum absolute atomic E-state index is 13.0. The van der Waals surface area contributed by atoms with E-state index in [1.807, 2.05) is 30.3 Å². The van der Waals surface area contributed by atoms with Gasteiger partial charge in [-0.15, -0.1) is 0 Å². The average Bonchev–Trinajstić information content (AvgIpc) is 2.59. The van der Waals surface area contributed by atoms with E-state index in [1.54, 1.807) is 24.7 Å². The average molecular weight is 317 g/mol. The van der Waals surface area contributed by atoms with E-state index in [4.69, 9.17) is 9.94 Å². The molecule has 0 saturated carbocycles. The van der Waals surface area contributed by atoms with Gasteiger partial charge in [-0.05, 0) is 36.1 Å². The minimum Gasteiger partial charge on any atom is -0.377 e. The molecule has 2 N–H and O–H groups in total. The fourth-order valence-corrected chi connectivity index (χ4v) is 2.58. The molecule has 2 aromatic rings. The van der Waals surface area contributed by atoms with Gasteiger partial charge in [0.1, 0.15) is 5.82 Å². The van der Waals surface area contributed by atoms with Crippen LogP contribution in [0.2, 0.25) is 0 Å². The number of hydroxylamine groups is 1. The molecule has 0 heterocycles. The van der Waals surface area contributed by atoms with Gasteiger partial charge in [0.15, 0.2) is 0 Å². The molecule has 0 radical (unpaired) electrons. The van der Waals surface area contributed by atoms with Gasteiger partial charge in [0, 0.05) is 13.0 Å². The normalized spacial score (nSPS) is 13.3. The van der Waals surface area contributed by atoms with Crippen molar-refractivity contribution in [2.24, 2.45) is 5.92 Å². The van der Waals surface area contributed by atoms with E-state index in [2.05, 4.69) is 0 Å². The highest BCUT2D eigenvalue weighted by molar-refractivity contribution is 5.77. The minimum atomic E-state index is -0.461. The number of carbonyl (C=O) groups excluding carboxylic acids is 1. The van der Waals surface area contributed by atoms with Crippen molar-refractivity contribution < 1.29 is 19.1 Å². The molecule has 0 aliphatic rings. The fourth-order valence-electron chi connectivity index (χ4n) is 2.58. The van der Waals surface area contributed by atoms with Gasteiger partial charge in [-0.25, -0.2) is 9.87 Å². The summed E-state index contributed by atoms with van der Waals surface area (Å²) >= 11 is 0. The smallest absolute Gasteiger partial charge is 0.246 e. The number of hydrogen-bond donors (Lipinski definition) is 2. The summed E-state index contributed by atoms with van der Waals surface area (Å²) in [6.45, 7) is 0. The maximum Gasteiger partial charge on any atom is 0.246 e. The summed E-state index contributed by atoms with van der Waals surface area (Å²) in [4.78, 5) is 12.0. The van der Waals surface area contributed by atoms with Gasteiger partial charge in [0.05, 0.1) is 6.10 Å². The second-order valence-corrected chi connectivity index (χ2v) is 5.37. The van der Waals surface area contributed by atoms with E-state index in [1.165, 1.54) is 12.1 Å². The third-order valence-electron chi connectivity index (χ3n) is 3.83. The molecule has 2 atom stereocenters. The van der Waals surface area contributed by atoms with Crippen LogP contribution in [-0.2, 0) is 16.0 Å². The molecule has 2 unspecified atom stereocenters. The number of nitrogens with one attached hydrogen (secondary N) is 1. The molecule has 23 heavy (non-hydrogen) atoms. The van der Waals surface area contributed by atoms with Crippen molar-refractivity contribution in [1.29, 1.82) is 0 Å². The van der Waals surface area contributed by atoms with Crippen LogP contribution in [0.4, 0.5) is 4.39 Å². The molecule has 0 fully saturated rings. The van der Waals surface area contributed by atoms with Crippen LogP contribution in [0.5, 0.6) is 0 Å². The predicted molar refractivity (Wildman–Crippen MR) is 84.3 cm³/mol. The lowest BCUT2D eigenvalue weighted by molar-refractivity contribution is -0.134. The van der Waals surface area contributed by atoms with Gasteiger partial charge < -0.3 is 4.74 Å². The third-order valence-corrected chi connectivity index (χ3v) is 3.83. The van der Waals surface area contributed by atoms with Gasteiger partial charge >= 0.3 is 0 Å². The molecule has 2 aromatic carbocycles. The van der Waals surface area contributed by atoms with Crippen molar-refractivity contribution in [2.45, 2.75) is 18.9 Å². The van der Waals surface area contributed by atoms with E-state index in [-0.39, 0.29) is 11.9 Å². The van der Waals surface area contributed by atoms with E-state index in [9.17, 15) is 9.18 Å². The van der Waals surface area contributed by atoms with Crippen molar-refractivity contribution in [3.05, 3.63) is 71.5 Å². The van der Waals surface area contributed by atoms with Crippen molar-refractivity contribution in [3.8, 4) is 0 Å². The Bertz CT molecular complexity index is 616. The molecule has 5 heteroatoms. The summed E-state index contributed by atoms with van der Waals surface area (Å²) in [5.74, 6) is -1.24. The molecular weight excluding hydrogens is 297 g/mol. The highest BCUT2D eigenvalue weighted by Crippen LogP contribution is 2.27. The van der Waals surface area contributed by atoms with E-state index in [0.29, 0.717) is 12.8 Å². The van der Waals surface area contributed by atoms with Crippen LogP contribution in [0.25, 0.3) is 0 Å². The number of methoxy groups -OCH3 is 1. The Hall–Kier alpha value is -2.24. The van der Waals surface area contributed by atoms with Crippen LogP contribution < -0.4 is 5.48 Å². The quantitative estimate of drug-likeness (QED) is 0.609. The zero-order chi connectivity index (χ0) is 16.7. The molecule has 0 aliphatic heterocycles. The Labute approximate surface area is 134 Å². The van der Waals surface area contributed by atoms with Gasteiger partial charge in [0.2, 0.25) is 5.91 Å². The summed E-state index contributed by atoms with van der Waals surface area (Å²) in [6, 6.07) is 15.6. The number of benzene rings is 2. The van der Waals surface area contributed by atoms with Crippen LogP contribution in [0.15, 0.2) is 54.6 Å². The molecule has 0 aromatic heterocycles. The Morgan fingerprint density at radius 3 is 2.39 bits per heavy atom. The molecule has 0 aliphatic carbocycles. The zero-order valence-corrected chi connectivity index (χ0v) is 12.9. The number of hydrogen-bond acceptors (Lipinski definition) is 3. The summed E-state index contributed by atoms with van der Waals surface area (Å²) < 4.78 is 18.5. The molecule has 0 bridgehead atoms. The summed E-state index contributed by atoms with van der Waals surface area (Å²) in [6.07, 6.45) is 0.499.